The molecule has 2 aromatic carbocycles. The molecule has 1 atom stereocenters. The first kappa shape index (κ1) is 20.2. The van der Waals surface area contributed by atoms with Crippen molar-refractivity contribution in [2.45, 2.75) is 36.0 Å². The molecule has 0 aliphatic carbocycles. The van der Waals surface area contributed by atoms with Gasteiger partial charge in [-0.3, -0.25) is 0 Å². The number of rotatable bonds is 7. The Morgan fingerprint density at radius 3 is 2.46 bits per heavy atom. The molecule has 1 heterocycles. The summed E-state index contributed by atoms with van der Waals surface area (Å²) in [6.45, 7) is 3.25. The van der Waals surface area contributed by atoms with Crippen molar-refractivity contribution >= 4 is 59.6 Å². The Morgan fingerprint density at radius 2 is 1.77 bits per heavy atom. The van der Waals surface area contributed by atoms with Gasteiger partial charge in [-0.15, -0.1) is 11.8 Å². The summed E-state index contributed by atoms with van der Waals surface area (Å²) >= 11 is 12.7. The van der Waals surface area contributed by atoms with Gasteiger partial charge in [0.25, 0.3) is 0 Å². The summed E-state index contributed by atoms with van der Waals surface area (Å²) in [4.78, 5) is 5.45. The van der Waals surface area contributed by atoms with Gasteiger partial charge in [0.2, 0.25) is 0 Å². The molecule has 1 unspecified atom stereocenters. The molecule has 3 rings (SSSR count). The molecule has 1 aromatic heterocycles. The molecule has 0 amide bonds. The lowest BCUT2D eigenvalue weighted by Crippen LogP contribution is -2.27. The summed E-state index contributed by atoms with van der Waals surface area (Å²) in [6, 6.07) is 15.0. The lowest BCUT2D eigenvalue weighted by molar-refractivity contribution is 0.495. The number of halogens is 3. The number of nitrogens with zero attached hydrogens (tertiary/aromatic N) is 2. The van der Waals surface area contributed by atoms with Crippen LogP contribution in [0.25, 0.3) is 0 Å². The maximum absolute atomic E-state index is 4.20. The highest BCUT2D eigenvalue weighted by Crippen LogP contribution is 2.42. The number of benzene rings is 2. The van der Waals surface area contributed by atoms with Gasteiger partial charge in [-0.2, -0.15) is 0 Å². The Labute approximate surface area is 184 Å². The summed E-state index contributed by atoms with van der Waals surface area (Å²) in [5.41, 5.74) is 1.36. The number of hydrogen-bond donors (Lipinski definition) is 0. The fourth-order valence-electron chi connectivity index (χ4n) is 2.81. The predicted molar refractivity (Wildman–Crippen MR) is 121 cm³/mol. The van der Waals surface area contributed by atoms with Crippen LogP contribution in [-0.4, -0.2) is 14.3 Å². The molecule has 0 bridgehead atoms. The first-order chi connectivity index (χ1) is 12.4. The zero-order valence-electron chi connectivity index (χ0n) is 14.3. The van der Waals surface area contributed by atoms with Crippen molar-refractivity contribution in [3.05, 3.63) is 80.2 Å². The van der Waals surface area contributed by atoms with E-state index in [0.29, 0.717) is 0 Å². The molecule has 3 aromatic rings. The Kier molecular flexibility index (Phi) is 7.05. The molecule has 0 fully saturated rings. The average Bonchev–Trinajstić information content (AvgIpc) is 3.10. The highest BCUT2D eigenvalue weighted by Gasteiger charge is 2.27. The molecule has 0 aliphatic heterocycles. The monoisotopic (exact) mass is 556 g/mol. The number of aromatic nitrogens is 2. The molecule has 136 valence electrons. The number of imidazole rings is 1. The number of thioether (sulfide) groups is 1. The van der Waals surface area contributed by atoms with Crippen LogP contribution in [0.1, 0.15) is 18.9 Å². The van der Waals surface area contributed by atoms with E-state index in [0.717, 1.165) is 32.8 Å². The largest absolute Gasteiger partial charge is 0.336 e. The van der Waals surface area contributed by atoms with Crippen LogP contribution in [0.5, 0.6) is 0 Å². The van der Waals surface area contributed by atoms with Crippen molar-refractivity contribution in [1.29, 1.82) is 0 Å². The fourth-order valence-corrected chi connectivity index (χ4v) is 5.38. The van der Waals surface area contributed by atoms with E-state index >= 15 is 0 Å². The van der Waals surface area contributed by atoms with E-state index in [2.05, 4.69) is 107 Å². The topological polar surface area (TPSA) is 17.8 Å². The van der Waals surface area contributed by atoms with Crippen LogP contribution in [0.3, 0.4) is 0 Å². The van der Waals surface area contributed by atoms with E-state index in [1.54, 1.807) is 0 Å². The minimum Gasteiger partial charge on any atom is -0.336 e. The van der Waals surface area contributed by atoms with E-state index in [-0.39, 0.29) is 4.75 Å². The van der Waals surface area contributed by atoms with Crippen LogP contribution in [-0.2, 0) is 13.0 Å². The molecule has 0 saturated heterocycles. The summed E-state index contributed by atoms with van der Waals surface area (Å²) in [5.74, 6) is 0. The van der Waals surface area contributed by atoms with Crippen LogP contribution in [0.15, 0.2) is 79.5 Å². The van der Waals surface area contributed by atoms with Crippen molar-refractivity contribution in [2.75, 3.05) is 0 Å². The molecule has 2 nitrogen and oxygen atoms in total. The van der Waals surface area contributed by atoms with E-state index in [1.807, 2.05) is 30.5 Å². The molecule has 0 saturated carbocycles. The maximum Gasteiger partial charge on any atom is 0.0946 e. The van der Waals surface area contributed by atoms with Crippen LogP contribution in [0.4, 0.5) is 0 Å². The van der Waals surface area contributed by atoms with Gasteiger partial charge in [0, 0.05) is 42.0 Å². The Bertz CT molecular complexity index is 850. The zero-order chi connectivity index (χ0) is 18.6. The summed E-state index contributed by atoms with van der Waals surface area (Å²) < 4.78 is 5.56. The van der Waals surface area contributed by atoms with Gasteiger partial charge < -0.3 is 4.57 Å². The Morgan fingerprint density at radius 1 is 1.04 bits per heavy atom. The quantitative estimate of drug-likeness (QED) is 0.282. The van der Waals surface area contributed by atoms with E-state index in [1.165, 1.54) is 10.5 Å². The Hall–Kier alpha value is -0.560. The summed E-state index contributed by atoms with van der Waals surface area (Å²) in [5, 5.41) is 0. The second-order valence-corrected chi connectivity index (χ2v) is 10.8. The van der Waals surface area contributed by atoms with Gasteiger partial charge in [-0.05, 0) is 71.6 Å². The third-order valence-corrected chi connectivity index (χ3v) is 7.54. The van der Waals surface area contributed by atoms with E-state index in [4.69, 9.17) is 0 Å². The minimum absolute atomic E-state index is 0.0388. The van der Waals surface area contributed by atoms with E-state index in [9.17, 15) is 0 Å². The second kappa shape index (κ2) is 9.09. The standard InChI is InChI=1S/C20H19Br3N2S/c1-20(13-25-11-10-24-14-25,9-8-15-2-4-16(21)5-3-15)26-19-12-17(22)6-7-18(19)23/h2-7,10-12,14H,8-9,13H2,1H3. The van der Waals surface area contributed by atoms with Gasteiger partial charge in [-0.1, -0.05) is 44.0 Å². The minimum atomic E-state index is 0.0388. The lowest BCUT2D eigenvalue weighted by atomic mass is 10.00. The molecular formula is C20H19Br3N2S. The van der Waals surface area contributed by atoms with Crippen LogP contribution < -0.4 is 0 Å². The van der Waals surface area contributed by atoms with Gasteiger partial charge >= 0.3 is 0 Å². The third-order valence-electron chi connectivity index (χ3n) is 4.18. The molecular weight excluding hydrogens is 540 g/mol. The van der Waals surface area contributed by atoms with Gasteiger partial charge in [0.1, 0.15) is 0 Å². The van der Waals surface area contributed by atoms with Gasteiger partial charge in [0.15, 0.2) is 0 Å². The average molecular weight is 559 g/mol. The normalized spacial score (nSPS) is 13.5. The zero-order valence-corrected chi connectivity index (χ0v) is 19.9. The molecule has 0 N–H and O–H groups in total. The molecule has 26 heavy (non-hydrogen) atoms. The molecule has 6 heteroatoms. The van der Waals surface area contributed by atoms with Crippen molar-refractivity contribution < 1.29 is 0 Å². The van der Waals surface area contributed by atoms with Crippen molar-refractivity contribution in [1.82, 2.24) is 9.55 Å². The number of aryl methyl sites for hydroxylation is 1. The fraction of sp³-hybridized carbons (Fsp3) is 0.250. The van der Waals surface area contributed by atoms with Crippen LogP contribution >= 0.6 is 59.6 Å². The smallest absolute Gasteiger partial charge is 0.0946 e. The predicted octanol–water partition coefficient (Wildman–Crippen LogP) is 7.35. The highest BCUT2D eigenvalue weighted by molar-refractivity contribution is 9.11. The molecule has 0 spiro atoms. The highest BCUT2D eigenvalue weighted by atomic mass is 79.9. The number of hydrogen-bond acceptors (Lipinski definition) is 2. The second-order valence-electron chi connectivity index (χ2n) is 6.49. The summed E-state index contributed by atoms with van der Waals surface area (Å²) in [6.07, 6.45) is 7.88. The van der Waals surface area contributed by atoms with Crippen LogP contribution in [0.2, 0.25) is 0 Å². The molecule has 0 aliphatic rings. The molecule has 0 radical (unpaired) electrons. The van der Waals surface area contributed by atoms with Gasteiger partial charge in [0.05, 0.1) is 6.33 Å². The van der Waals surface area contributed by atoms with Crippen molar-refractivity contribution in [3.8, 4) is 0 Å². The van der Waals surface area contributed by atoms with Crippen LogP contribution in [0, 0.1) is 0 Å². The summed E-state index contributed by atoms with van der Waals surface area (Å²) in [7, 11) is 0. The van der Waals surface area contributed by atoms with Crippen molar-refractivity contribution in [3.63, 3.8) is 0 Å². The first-order valence-corrected chi connectivity index (χ1v) is 11.5. The Balaban J connectivity index is 1.81. The van der Waals surface area contributed by atoms with E-state index < -0.39 is 0 Å². The van der Waals surface area contributed by atoms with Gasteiger partial charge in [-0.25, -0.2) is 4.98 Å². The maximum atomic E-state index is 4.20. The first-order valence-electron chi connectivity index (χ1n) is 8.28. The van der Waals surface area contributed by atoms with Crippen molar-refractivity contribution in [2.24, 2.45) is 0 Å². The third kappa shape index (κ3) is 5.72. The lowest BCUT2D eigenvalue weighted by Gasteiger charge is -2.30. The SMILES string of the molecule is CC(CCc1ccc(Br)cc1)(Cn1ccnc1)Sc1cc(Br)ccc1Br.